The molecule has 34 heavy (non-hydrogen) atoms. The second-order valence-corrected chi connectivity index (χ2v) is 10.9. The topological polar surface area (TPSA) is 75.7 Å². The largest absolute Gasteiger partial charge is 0.573 e. The average molecular weight is 519 g/mol. The van der Waals surface area contributed by atoms with E-state index in [4.69, 9.17) is 11.6 Å². The van der Waals surface area contributed by atoms with E-state index in [0.717, 1.165) is 12.8 Å². The Hall–Kier alpha value is -2.30. The van der Waals surface area contributed by atoms with Crippen molar-refractivity contribution in [3.63, 3.8) is 0 Å². The van der Waals surface area contributed by atoms with Crippen molar-refractivity contribution in [2.75, 3.05) is 30.4 Å². The van der Waals surface area contributed by atoms with Crippen LogP contribution in [-0.2, 0) is 14.6 Å². The second-order valence-electron chi connectivity index (χ2n) is 8.26. The summed E-state index contributed by atoms with van der Waals surface area (Å²) in [6.07, 6.45) is -0.738. The van der Waals surface area contributed by atoms with Gasteiger partial charge in [0.1, 0.15) is 15.6 Å². The van der Waals surface area contributed by atoms with Gasteiger partial charge in [0.25, 0.3) is 0 Å². The van der Waals surface area contributed by atoms with Gasteiger partial charge in [-0.2, -0.15) is 0 Å². The Morgan fingerprint density at radius 2 is 1.91 bits per heavy atom. The number of alkyl halides is 3. The van der Waals surface area contributed by atoms with Gasteiger partial charge >= 0.3 is 6.36 Å². The number of nitrogens with zero attached hydrogens (tertiary/aromatic N) is 1. The van der Waals surface area contributed by atoms with E-state index in [1.54, 1.807) is 12.1 Å². The van der Waals surface area contributed by atoms with E-state index >= 15 is 0 Å². The molecule has 1 N–H and O–H groups in total. The Balaban J connectivity index is 1.72. The number of likely N-dealkylation sites (tertiary alicyclic amines) is 1. The number of piperidine rings is 1. The van der Waals surface area contributed by atoms with Crippen molar-refractivity contribution >= 4 is 33.0 Å². The van der Waals surface area contributed by atoms with E-state index < -0.39 is 22.2 Å². The summed E-state index contributed by atoms with van der Waals surface area (Å²) in [5, 5.41) is 2.98. The third-order valence-corrected chi connectivity index (χ3v) is 6.86. The van der Waals surface area contributed by atoms with Crippen LogP contribution in [0.5, 0.6) is 5.75 Å². The summed E-state index contributed by atoms with van der Waals surface area (Å²) >= 11 is 6.36. The summed E-state index contributed by atoms with van der Waals surface area (Å²) in [4.78, 5) is 14.9. The number of hydrogen-bond acceptors (Lipinski definition) is 5. The summed E-state index contributed by atoms with van der Waals surface area (Å²) in [5.74, 6) is -0.543. The zero-order valence-corrected chi connectivity index (χ0v) is 20.1. The van der Waals surface area contributed by atoms with Crippen molar-refractivity contribution in [3.05, 3.63) is 47.5 Å². The summed E-state index contributed by atoms with van der Waals surface area (Å²) in [5.41, 5.74) is 0.918. The highest BCUT2D eigenvalue weighted by Gasteiger charge is 2.32. The van der Waals surface area contributed by atoms with Gasteiger partial charge in [0, 0.05) is 23.1 Å². The molecule has 0 saturated carbocycles. The Morgan fingerprint density at radius 1 is 1.18 bits per heavy atom. The number of benzene rings is 2. The Bertz CT molecular complexity index is 1130. The fourth-order valence-electron chi connectivity index (χ4n) is 4.03. The van der Waals surface area contributed by atoms with Gasteiger partial charge in [-0.3, -0.25) is 9.69 Å². The Kier molecular flexibility index (Phi) is 8.48. The number of ether oxygens (including phenoxy) is 1. The third-order valence-electron chi connectivity index (χ3n) is 5.52. The third kappa shape index (κ3) is 7.61. The van der Waals surface area contributed by atoms with Gasteiger partial charge in [-0.15, -0.1) is 13.2 Å². The van der Waals surface area contributed by atoms with Gasteiger partial charge in [-0.25, -0.2) is 8.42 Å². The first kappa shape index (κ1) is 26.3. The Labute approximate surface area is 202 Å². The molecule has 0 aromatic heterocycles. The van der Waals surface area contributed by atoms with Crippen LogP contribution in [0, 0.1) is 0 Å². The van der Waals surface area contributed by atoms with Gasteiger partial charge in [0.15, 0.2) is 0 Å². The minimum Gasteiger partial charge on any atom is -0.405 e. The maximum Gasteiger partial charge on any atom is 0.573 e. The number of sulfone groups is 1. The molecule has 1 fully saturated rings. The number of halogens is 4. The summed E-state index contributed by atoms with van der Waals surface area (Å²) in [6, 6.07) is 9.86. The van der Waals surface area contributed by atoms with Gasteiger partial charge in [0.2, 0.25) is 5.91 Å². The second kappa shape index (κ2) is 11.0. The van der Waals surface area contributed by atoms with E-state index in [2.05, 4.69) is 10.1 Å². The van der Waals surface area contributed by atoms with Gasteiger partial charge in [-0.1, -0.05) is 42.3 Å². The van der Waals surface area contributed by atoms with Gasteiger partial charge in [0.05, 0.1) is 16.8 Å². The lowest BCUT2D eigenvalue weighted by Crippen LogP contribution is -2.47. The molecule has 1 atom stereocenters. The first-order valence-corrected chi connectivity index (χ1v) is 13.2. The molecule has 11 heteroatoms. The molecule has 3 rings (SSSR count). The molecule has 1 aliphatic heterocycles. The molecule has 2 aromatic rings. The van der Waals surface area contributed by atoms with Crippen LogP contribution in [0.15, 0.2) is 42.5 Å². The molecule has 1 aliphatic rings. The number of rotatable bonds is 8. The number of carbonyl (C=O) groups is 1. The van der Waals surface area contributed by atoms with Crippen LogP contribution in [0.4, 0.5) is 18.9 Å². The molecule has 1 amide bonds. The molecular formula is C23H26ClF3N2O4S. The smallest absolute Gasteiger partial charge is 0.405 e. The molecule has 6 nitrogen and oxygen atoms in total. The molecule has 0 aliphatic carbocycles. The quantitative estimate of drug-likeness (QED) is 0.524. The molecule has 186 valence electrons. The van der Waals surface area contributed by atoms with Gasteiger partial charge in [-0.05, 0) is 50.6 Å². The minimum absolute atomic E-state index is 0.0639. The molecule has 1 unspecified atom stereocenters. The zero-order chi connectivity index (χ0) is 24.9. The van der Waals surface area contributed by atoms with E-state index in [1.807, 2.05) is 4.90 Å². The molecule has 2 aromatic carbocycles. The maximum absolute atomic E-state index is 13.0. The number of anilines is 1. The lowest BCUT2D eigenvalue weighted by Gasteiger charge is -2.34. The monoisotopic (exact) mass is 518 g/mol. The van der Waals surface area contributed by atoms with Crippen molar-refractivity contribution < 1.29 is 31.1 Å². The predicted octanol–water partition coefficient (Wildman–Crippen LogP) is 5.13. The van der Waals surface area contributed by atoms with Crippen molar-refractivity contribution in [2.45, 2.75) is 38.1 Å². The molecular weight excluding hydrogens is 493 g/mol. The number of nitrogens with one attached hydrogen (secondary N) is 1. The highest BCUT2D eigenvalue weighted by atomic mass is 35.5. The Morgan fingerprint density at radius 3 is 2.59 bits per heavy atom. The van der Waals surface area contributed by atoms with Crippen molar-refractivity contribution in [1.82, 2.24) is 4.90 Å². The van der Waals surface area contributed by atoms with Crippen LogP contribution >= 0.6 is 11.6 Å². The molecule has 1 heterocycles. The zero-order valence-electron chi connectivity index (χ0n) is 18.6. The number of hydrogen-bond donors (Lipinski definition) is 1. The van der Waals surface area contributed by atoms with Gasteiger partial charge < -0.3 is 10.1 Å². The number of amides is 1. The standard InChI is InChI=1S/C23H26ClF3N2O4S/c1-34(31,32)14-6-13-29-12-5-4-8-20(29)22(30)28-16-10-11-17(19(24)15-16)18-7-2-3-9-21(18)33-23(25,26)27/h2-3,7,9-11,15,20H,4-6,8,12-14H2,1H3,(H,28,30). The van der Waals surface area contributed by atoms with Crippen LogP contribution in [0.25, 0.3) is 11.1 Å². The van der Waals surface area contributed by atoms with Crippen molar-refractivity contribution in [3.8, 4) is 16.9 Å². The molecule has 0 bridgehead atoms. The van der Waals surface area contributed by atoms with Crippen LogP contribution in [0.3, 0.4) is 0 Å². The summed E-state index contributed by atoms with van der Waals surface area (Å²) in [6.45, 7) is 1.21. The van der Waals surface area contributed by atoms with Crippen molar-refractivity contribution in [2.24, 2.45) is 0 Å². The number of para-hydroxylation sites is 1. The van der Waals surface area contributed by atoms with Crippen LogP contribution in [0.1, 0.15) is 25.7 Å². The summed E-state index contributed by atoms with van der Waals surface area (Å²) < 4.78 is 65.2. The maximum atomic E-state index is 13.0. The molecule has 0 radical (unpaired) electrons. The first-order valence-electron chi connectivity index (χ1n) is 10.8. The van der Waals surface area contributed by atoms with Crippen molar-refractivity contribution in [1.29, 1.82) is 0 Å². The highest BCUT2D eigenvalue weighted by molar-refractivity contribution is 7.90. The predicted molar refractivity (Wildman–Crippen MR) is 126 cm³/mol. The highest BCUT2D eigenvalue weighted by Crippen LogP contribution is 2.38. The minimum atomic E-state index is -4.84. The fraction of sp³-hybridized carbons (Fsp3) is 0.435. The fourth-order valence-corrected chi connectivity index (χ4v) is 4.96. The number of carbonyl (C=O) groups excluding carboxylic acids is 1. The normalized spacial score (nSPS) is 17.4. The molecule has 1 saturated heterocycles. The lowest BCUT2D eigenvalue weighted by atomic mass is 10.0. The van der Waals surface area contributed by atoms with Crippen LogP contribution in [0.2, 0.25) is 5.02 Å². The molecule has 0 spiro atoms. The lowest BCUT2D eigenvalue weighted by molar-refractivity contribution is -0.274. The summed E-state index contributed by atoms with van der Waals surface area (Å²) in [7, 11) is -3.07. The van der Waals surface area contributed by atoms with Crippen LogP contribution < -0.4 is 10.1 Å². The SMILES string of the molecule is CS(=O)(=O)CCCN1CCCCC1C(=O)Nc1ccc(-c2ccccc2OC(F)(F)F)c(Cl)c1. The van der Waals surface area contributed by atoms with Crippen LogP contribution in [-0.4, -0.2) is 56.7 Å². The van der Waals surface area contributed by atoms with E-state index in [-0.39, 0.29) is 28.0 Å². The average Bonchev–Trinajstić information content (AvgIpc) is 2.73. The first-order chi connectivity index (χ1) is 15.9. The van der Waals surface area contributed by atoms with E-state index in [9.17, 15) is 26.4 Å². The van der Waals surface area contributed by atoms with E-state index in [1.165, 1.54) is 36.6 Å². The van der Waals surface area contributed by atoms with E-state index in [0.29, 0.717) is 37.2 Å².